The van der Waals surface area contributed by atoms with E-state index in [-0.39, 0.29) is 11.8 Å². The van der Waals surface area contributed by atoms with Gasteiger partial charge in [0.1, 0.15) is 23.0 Å². The second kappa shape index (κ2) is 7.21. The molecular weight excluding hydrogens is 390 g/mol. The first kappa shape index (κ1) is 18.6. The summed E-state index contributed by atoms with van der Waals surface area (Å²) < 4.78 is 2.20. The topological polar surface area (TPSA) is 79.2 Å². The molecule has 3 aliphatic rings. The van der Waals surface area contributed by atoms with Gasteiger partial charge in [-0.2, -0.15) is 0 Å². The molecule has 5 heterocycles. The molecule has 1 saturated carbocycles. The Morgan fingerprint density at radius 1 is 1.19 bits per heavy atom. The molecule has 3 aromatic rings. The van der Waals surface area contributed by atoms with E-state index in [9.17, 15) is 4.79 Å². The van der Waals surface area contributed by atoms with E-state index in [1.165, 1.54) is 18.4 Å². The van der Waals surface area contributed by atoms with Gasteiger partial charge in [-0.3, -0.25) is 4.79 Å². The summed E-state index contributed by atoms with van der Waals surface area (Å²) in [4.78, 5) is 31.0. The fraction of sp³-hybridized carbons (Fsp3) is 0.478. The molecule has 160 valence electrons. The van der Waals surface area contributed by atoms with Crippen molar-refractivity contribution in [2.75, 3.05) is 36.0 Å². The van der Waals surface area contributed by atoms with Crippen LogP contribution in [-0.4, -0.2) is 51.6 Å². The van der Waals surface area contributed by atoms with Crippen molar-refractivity contribution >= 4 is 34.5 Å². The van der Waals surface area contributed by atoms with E-state index in [1.807, 2.05) is 31.5 Å². The fourth-order valence-electron chi connectivity index (χ4n) is 4.60. The summed E-state index contributed by atoms with van der Waals surface area (Å²) in [5.74, 6) is 3.81. The zero-order valence-corrected chi connectivity index (χ0v) is 17.8. The lowest BCUT2D eigenvalue weighted by Gasteiger charge is -2.39. The van der Waals surface area contributed by atoms with Gasteiger partial charge in [0.2, 0.25) is 5.91 Å². The summed E-state index contributed by atoms with van der Waals surface area (Å²) in [6.07, 6.45) is 5.50. The minimum atomic E-state index is 0.0552. The van der Waals surface area contributed by atoms with Gasteiger partial charge >= 0.3 is 0 Å². The van der Waals surface area contributed by atoms with Gasteiger partial charge in [-0.1, -0.05) is 6.07 Å². The van der Waals surface area contributed by atoms with Crippen molar-refractivity contribution in [1.82, 2.24) is 24.8 Å². The van der Waals surface area contributed by atoms with Gasteiger partial charge in [0.05, 0.1) is 12.2 Å². The summed E-state index contributed by atoms with van der Waals surface area (Å²) in [7, 11) is 0. The molecule has 1 saturated heterocycles. The van der Waals surface area contributed by atoms with Crippen LogP contribution in [0.25, 0.3) is 11.2 Å². The lowest BCUT2D eigenvalue weighted by Crippen LogP contribution is -2.54. The lowest BCUT2D eigenvalue weighted by atomic mass is 9.99. The van der Waals surface area contributed by atoms with Crippen molar-refractivity contribution in [1.29, 1.82) is 0 Å². The maximum Gasteiger partial charge on any atom is 0.226 e. The molecule has 31 heavy (non-hydrogen) atoms. The highest BCUT2D eigenvalue weighted by atomic mass is 16.2. The molecular formula is C23H27N7O. The van der Waals surface area contributed by atoms with Gasteiger partial charge in [-0.15, -0.1) is 0 Å². The minimum absolute atomic E-state index is 0.0552. The zero-order valence-electron chi connectivity index (χ0n) is 17.8. The highest BCUT2D eigenvalue weighted by Gasteiger charge is 2.34. The third-order valence-corrected chi connectivity index (χ3v) is 6.58. The monoisotopic (exact) mass is 417 g/mol. The Labute approximate surface area is 181 Å². The Morgan fingerprint density at radius 2 is 2.03 bits per heavy atom. The summed E-state index contributed by atoms with van der Waals surface area (Å²) in [6, 6.07) is 8.31. The zero-order chi connectivity index (χ0) is 20.9. The Hall–Kier alpha value is -3.16. The highest BCUT2D eigenvalue weighted by molar-refractivity contribution is 5.82. The number of pyridine rings is 2. The molecule has 0 radical (unpaired) electrons. The molecule has 1 aliphatic carbocycles. The Balaban J connectivity index is 1.25. The number of aromatic nitrogens is 4. The average Bonchev–Trinajstić information content (AvgIpc) is 3.33. The van der Waals surface area contributed by atoms with Crippen LogP contribution in [0.2, 0.25) is 0 Å². The number of hydrogen-bond acceptors (Lipinski definition) is 6. The molecule has 2 aliphatic heterocycles. The van der Waals surface area contributed by atoms with Gasteiger partial charge in [0.15, 0.2) is 5.65 Å². The molecule has 0 bridgehead atoms. The number of hydrogen-bond donors (Lipinski definition) is 1. The smallest absolute Gasteiger partial charge is 0.226 e. The average molecular weight is 418 g/mol. The fourth-order valence-corrected chi connectivity index (χ4v) is 4.60. The minimum Gasteiger partial charge on any atom is -0.356 e. The number of carbonyl (C=O) groups excluding carboxylic acids is 1. The Morgan fingerprint density at radius 3 is 2.84 bits per heavy atom. The number of rotatable bonds is 6. The summed E-state index contributed by atoms with van der Waals surface area (Å²) in [5, 5.41) is 2.91. The largest absolute Gasteiger partial charge is 0.356 e. The van der Waals surface area contributed by atoms with Crippen molar-refractivity contribution in [2.24, 2.45) is 11.8 Å². The van der Waals surface area contributed by atoms with Crippen molar-refractivity contribution in [3.8, 4) is 0 Å². The molecule has 1 amide bonds. The number of carbonyl (C=O) groups is 1. The van der Waals surface area contributed by atoms with Crippen LogP contribution in [0.4, 0.5) is 17.5 Å². The second-order valence-electron chi connectivity index (χ2n) is 8.91. The number of fused-ring (bicyclic) bond motifs is 2. The third-order valence-electron chi connectivity index (χ3n) is 6.58. The van der Waals surface area contributed by atoms with Gasteiger partial charge in [0.25, 0.3) is 0 Å². The maximum absolute atomic E-state index is 12.0. The van der Waals surface area contributed by atoms with Crippen molar-refractivity contribution < 1.29 is 4.79 Å². The van der Waals surface area contributed by atoms with E-state index < -0.39 is 0 Å². The number of imidazole rings is 1. The number of nitrogens with zero attached hydrogens (tertiary/aromatic N) is 6. The predicted octanol–water partition coefficient (Wildman–Crippen LogP) is 2.50. The standard InChI is InChI=1S/C23H27N7O/c1-2-24-23(31)17-12-28(13-17)19-4-3-5-20(26-19)30-9-8-16-10-18-22(27-21(16)30)29(14-25-18)11-15-6-7-15/h3-5,10,14-15,17H,2,6-9,11-13H2,1H3,(H,24,31). The molecule has 0 atom stereocenters. The number of anilines is 3. The van der Waals surface area contributed by atoms with E-state index >= 15 is 0 Å². The molecule has 8 nitrogen and oxygen atoms in total. The number of amides is 1. The molecule has 0 spiro atoms. The van der Waals surface area contributed by atoms with Crippen LogP contribution in [0.1, 0.15) is 25.3 Å². The van der Waals surface area contributed by atoms with Gasteiger partial charge in [-0.05, 0) is 55.9 Å². The van der Waals surface area contributed by atoms with E-state index in [4.69, 9.17) is 9.97 Å². The third kappa shape index (κ3) is 3.30. The molecule has 1 N–H and O–H groups in total. The maximum atomic E-state index is 12.0. The van der Waals surface area contributed by atoms with Crippen molar-refractivity contribution in [3.05, 3.63) is 36.2 Å². The first-order valence-corrected chi connectivity index (χ1v) is 11.3. The van der Waals surface area contributed by atoms with Crippen molar-refractivity contribution in [2.45, 2.75) is 32.7 Å². The molecule has 8 heteroatoms. The predicted molar refractivity (Wildman–Crippen MR) is 120 cm³/mol. The van der Waals surface area contributed by atoms with E-state index in [1.54, 1.807) is 0 Å². The van der Waals surface area contributed by atoms with E-state index in [0.717, 1.165) is 67.1 Å². The second-order valence-corrected chi connectivity index (χ2v) is 8.91. The lowest BCUT2D eigenvalue weighted by molar-refractivity contribution is -0.125. The van der Waals surface area contributed by atoms with Gasteiger partial charge < -0.3 is 19.7 Å². The normalized spacial score (nSPS) is 18.4. The van der Waals surface area contributed by atoms with E-state index in [0.29, 0.717) is 6.54 Å². The van der Waals surface area contributed by atoms with E-state index in [2.05, 4.69) is 30.7 Å². The van der Waals surface area contributed by atoms with Crippen LogP contribution in [-0.2, 0) is 17.8 Å². The Kier molecular flexibility index (Phi) is 4.33. The summed E-state index contributed by atoms with van der Waals surface area (Å²) >= 11 is 0. The number of nitrogens with one attached hydrogen (secondary N) is 1. The quantitative estimate of drug-likeness (QED) is 0.664. The van der Waals surface area contributed by atoms with Gasteiger partial charge in [0, 0.05) is 32.7 Å². The van der Waals surface area contributed by atoms with Crippen LogP contribution in [0.3, 0.4) is 0 Å². The molecule has 2 fully saturated rings. The Bertz CT molecular complexity index is 1150. The first-order valence-electron chi connectivity index (χ1n) is 11.3. The summed E-state index contributed by atoms with van der Waals surface area (Å²) in [6.45, 7) is 5.95. The van der Waals surface area contributed by atoms with Crippen LogP contribution in [0.15, 0.2) is 30.6 Å². The molecule has 0 unspecified atom stereocenters. The van der Waals surface area contributed by atoms with Crippen molar-refractivity contribution in [3.63, 3.8) is 0 Å². The van der Waals surface area contributed by atoms with Crippen LogP contribution in [0, 0.1) is 11.8 Å². The molecule has 3 aromatic heterocycles. The van der Waals surface area contributed by atoms with Crippen LogP contribution in [0.5, 0.6) is 0 Å². The van der Waals surface area contributed by atoms with Crippen LogP contribution >= 0.6 is 0 Å². The van der Waals surface area contributed by atoms with Crippen LogP contribution < -0.4 is 15.1 Å². The molecule has 0 aromatic carbocycles. The SMILES string of the molecule is CCNC(=O)C1CN(c2cccc(N3CCc4cc5ncn(CC6CC6)c5nc43)n2)C1. The summed E-state index contributed by atoms with van der Waals surface area (Å²) in [5.41, 5.74) is 3.19. The molecule has 6 rings (SSSR count). The first-order chi connectivity index (χ1) is 15.2. The van der Waals surface area contributed by atoms with Gasteiger partial charge in [-0.25, -0.2) is 15.0 Å². The highest BCUT2D eigenvalue weighted by Crippen LogP contribution is 2.36.